The minimum atomic E-state index is -0.0549. The van der Waals surface area contributed by atoms with Gasteiger partial charge in [-0.25, -0.2) is 4.98 Å². The second kappa shape index (κ2) is 5.36. The summed E-state index contributed by atoms with van der Waals surface area (Å²) >= 11 is 1.50. The van der Waals surface area contributed by atoms with Gasteiger partial charge in [-0.1, -0.05) is 27.2 Å². The summed E-state index contributed by atoms with van der Waals surface area (Å²) < 4.78 is 0. The molecule has 1 aromatic heterocycles. The van der Waals surface area contributed by atoms with Crippen LogP contribution in [0, 0.1) is 0 Å². The zero-order chi connectivity index (χ0) is 13.2. The standard InChI is InChI=1S/C13H21N3OS/c1-13(2,3)10-8-18-12(15-10)16-11(17)9-6-4-5-7-14-9/h8-9,14H,4-7H2,1-3H3,(H,15,16,17)/t9-/m0/s1. The van der Waals surface area contributed by atoms with E-state index in [9.17, 15) is 4.79 Å². The average molecular weight is 267 g/mol. The van der Waals surface area contributed by atoms with Crippen LogP contribution in [0.1, 0.15) is 45.7 Å². The highest BCUT2D eigenvalue weighted by Gasteiger charge is 2.22. The molecule has 0 unspecified atom stereocenters. The number of amides is 1. The van der Waals surface area contributed by atoms with Crippen LogP contribution in [0.2, 0.25) is 0 Å². The van der Waals surface area contributed by atoms with Crippen molar-refractivity contribution in [2.45, 2.75) is 51.5 Å². The average Bonchev–Trinajstić information content (AvgIpc) is 2.78. The molecule has 2 rings (SSSR count). The van der Waals surface area contributed by atoms with Gasteiger partial charge < -0.3 is 10.6 Å². The van der Waals surface area contributed by atoms with Gasteiger partial charge in [-0.3, -0.25) is 4.79 Å². The zero-order valence-corrected chi connectivity index (χ0v) is 12.1. The monoisotopic (exact) mass is 267 g/mol. The number of nitrogens with zero attached hydrogens (tertiary/aromatic N) is 1. The van der Waals surface area contributed by atoms with Gasteiger partial charge in [-0.2, -0.15) is 0 Å². The van der Waals surface area contributed by atoms with E-state index in [2.05, 4.69) is 36.4 Å². The van der Waals surface area contributed by atoms with Crippen LogP contribution in [-0.2, 0) is 10.2 Å². The predicted octanol–water partition coefficient (Wildman–Crippen LogP) is 2.52. The first kappa shape index (κ1) is 13.5. The van der Waals surface area contributed by atoms with E-state index in [1.54, 1.807) is 0 Å². The highest BCUT2D eigenvalue weighted by atomic mass is 32.1. The Kier molecular flexibility index (Phi) is 4.02. The molecule has 0 aliphatic carbocycles. The molecule has 1 amide bonds. The number of nitrogens with one attached hydrogen (secondary N) is 2. The molecule has 2 N–H and O–H groups in total. The first-order valence-corrected chi connectivity index (χ1v) is 7.35. The summed E-state index contributed by atoms with van der Waals surface area (Å²) in [6, 6.07) is -0.0549. The molecule has 1 aromatic rings. The van der Waals surface area contributed by atoms with Gasteiger partial charge in [0.1, 0.15) is 0 Å². The molecule has 1 fully saturated rings. The van der Waals surface area contributed by atoms with Crippen molar-refractivity contribution in [2.75, 3.05) is 11.9 Å². The molecule has 100 valence electrons. The Balaban J connectivity index is 1.96. The predicted molar refractivity (Wildman–Crippen MR) is 75.1 cm³/mol. The first-order chi connectivity index (χ1) is 8.47. The normalized spacial score (nSPS) is 20.7. The lowest BCUT2D eigenvalue weighted by atomic mass is 9.93. The number of aromatic nitrogens is 1. The summed E-state index contributed by atoms with van der Waals surface area (Å²) in [6.45, 7) is 7.30. The minimum Gasteiger partial charge on any atom is -0.306 e. The highest BCUT2D eigenvalue weighted by molar-refractivity contribution is 7.13. The molecule has 1 aliphatic rings. The summed E-state index contributed by atoms with van der Waals surface area (Å²) in [5.41, 5.74) is 1.06. The quantitative estimate of drug-likeness (QED) is 0.865. The number of hydrogen-bond donors (Lipinski definition) is 2. The van der Waals surface area contributed by atoms with Gasteiger partial charge in [0.15, 0.2) is 5.13 Å². The van der Waals surface area contributed by atoms with Crippen molar-refractivity contribution in [2.24, 2.45) is 0 Å². The van der Waals surface area contributed by atoms with E-state index in [0.29, 0.717) is 5.13 Å². The topological polar surface area (TPSA) is 54.0 Å². The maximum atomic E-state index is 12.0. The Labute approximate surface area is 112 Å². The maximum absolute atomic E-state index is 12.0. The van der Waals surface area contributed by atoms with Gasteiger partial charge in [0, 0.05) is 10.8 Å². The van der Waals surface area contributed by atoms with Crippen molar-refractivity contribution >= 4 is 22.4 Å². The fraction of sp³-hybridized carbons (Fsp3) is 0.692. The Morgan fingerprint density at radius 3 is 2.83 bits per heavy atom. The molecule has 4 nitrogen and oxygen atoms in total. The van der Waals surface area contributed by atoms with Crippen LogP contribution in [0.5, 0.6) is 0 Å². The van der Waals surface area contributed by atoms with Crippen LogP contribution in [-0.4, -0.2) is 23.5 Å². The van der Waals surface area contributed by atoms with E-state index in [4.69, 9.17) is 0 Å². The summed E-state index contributed by atoms with van der Waals surface area (Å²) in [6.07, 6.45) is 3.20. The van der Waals surface area contributed by atoms with E-state index >= 15 is 0 Å². The molecular formula is C13H21N3OS. The fourth-order valence-electron chi connectivity index (χ4n) is 1.94. The van der Waals surface area contributed by atoms with E-state index < -0.39 is 0 Å². The van der Waals surface area contributed by atoms with Gasteiger partial charge in [0.25, 0.3) is 0 Å². The highest BCUT2D eigenvalue weighted by Crippen LogP contribution is 2.26. The Morgan fingerprint density at radius 2 is 2.28 bits per heavy atom. The lowest BCUT2D eigenvalue weighted by Gasteiger charge is -2.21. The molecular weight excluding hydrogens is 246 g/mol. The number of rotatable bonds is 2. The van der Waals surface area contributed by atoms with Crippen molar-refractivity contribution in [3.8, 4) is 0 Å². The summed E-state index contributed by atoms with van der Waals surface area (Å²) in [7, 11) is 0. The Hall–Kier alpha value is -0.940. The van der Waals surface area contributed by atoms with Crippen LogP contribution in [0.4, 0.5) is 5.13 Å². The molecule has 1 atom stereocenters. The van der Waals surface area contributed by atoms with Crippen LogP contribution in [0.3, 0.4) is 0 Å². The van der Waals surface area contributed by atoms with E-state index in [0.717, 1.165) is 31.5 Å². The molecule has 18 heavy (non-hydrogen) atoms. The second-order valence-corrected chi connectivity index (χ2v) is 6.64. The molecule has 0 radical (unpaired) electrons. The van der Waals surface area contributed by atoms with Gasteiger partial charge in [0.2, 0.25) is 5.91 Å². The van der Waals surface area contributed by atoms with Crippen molar-refractivity contribution < 1.29 is 4.79 Å². The van der Waals surface area contributed by atoms with Crippen molar-refractivity contribution in [3.63, 3.8) is 0 Å². The number of carbonyl (C=O) groups excluding carboxylic acids is 1. The molecule has 1 saturated heterocycles. The summed E-state index contributed by atoms with van der Waals surface area (Å²) in [5.74, 6) is 0.0458. The molecule has 5 heteroatoms. The van der Waals surface area contributed by atoms with Crippen LogP contribution >= 0.6 is 11.3 Å². The second-order valence-electron chi connectivity index (χ2n) is 5.78. The molecule has 2 heterocycles. The minimum absolute atomic E-state index is 0.0303. The van der Waals surface area contributed by atoms with E-state index in [-0.39, 0.29) is 17.4 Å². The molecule has 0 saturated carbocycles. The van der Waals surface area contributed by atoms with Crippen molar-refractivity contribution in [1.29, 1.82) is 0 Å². The molecule has 0 spiro atoms. The van der Waals surface area contributed by atoms with Gasteiger partial charge in [-0.05, 0) is 19.4 Å². The van der Waals surface area contributed by atoms with E-state index in [1.807, 2.05) is 5.38 Å². The smallest absolute Gasteiger partial charge is 0.243 e. The Bertz CT molecular complexity index is 416. The molecule has 0 bridgehead atoms. The number of anilines is 1. The largest absolute Gasteiger partial charge is 0.306 e. The maximum Gasteiger partial charge on any atom is 0.243 e. The summed E-state index contributed by atoms with van der Waals surface area (Å²) in [4.78, 5) is 16.5. The van der Waals surface area contributed by atoms with Crippen LogP contribution < -0.4 is 10.6 Å². The van der Waals surface area contributed by atoms with E-state index in [1.165, 1.54) is 11.3 Å². The number of piperidine rings is 1. The fourth-order valence-corrected chi connectivity index (χ4v) is 2.88. The third-order valence-corrected chi connectivity index (χ3v) is 3.89. The number of thiazole rings is 1. The zero-order valence-electron chi connectivity index (χ0n) is 11.2. The SMILES string of the molecule is CC(C)(C)c1csc(NC(=O)[C@@H]2CCCCN2)n1. The lowest BCUT2D eigenvalue weighted by molar-refractivity contribution is -0.118. The van der Waals surface area contributed by atoms with Gasteiger partial charge in [0.05, 0.1) is 11.7 Å². The summed E-state index contributed by atoms with van der Waals surface area (Å²) in [5, 5.41) is 8.87. The lowest BCUT2D eigenvalue weighted by Crippen LogP contribution is -2.43. The number of carbonyl (C=O) groups is 1. The third kappa shape index (κ3) is 3.29. The molecule has 0 aromatic carbocycles. The van der Waals surface area contributed by atoms with Crippen LogP contribution in [0.15, 0.2) is 5.38 Å². The Morgan fingerprint density at radius 1 is 1.50 bits per heavy atom. The van der Waals surface area contributed by atoms with Crippen molar-refractivity contribution in [3.05, 3.63) is 11.1 Å². The number of hydrogen-bond acceptors (Lipinski definition) is 4. The van der Waals surface area contributed by atoms with Gasteiger partial charge in [-0.15, -0.1) is 11.3 Å². The first-order valence-electron chi connectivity index (χ1n) is 6.47. The van der Waals surface area contributed by atoms with Crippen molar-refractivity contribution in [1.82, 2.24) is 10.3 Å². The van der Waals surface area contributed by atoms with Crippen LogP contribution in [0.25, 0.3) is 0 Å². The molecule has 1 aliphatic heterocycles. The van der Waals surface area contributed by atoms with Gasteiger partial charge >= 0.3 is 0 Å². The third-order valence-electron chi connectivity index (χ3n) is 3.13.